The number of carbonyl (C=O) groups is 1. The molecule has 0 aliphatic carbocycles. The summed E-state index contributed by atoms with van der Waals surface area (Å²) < 4.78 is 5.76. The first-order chi connectivity index (χ1) is 7.50. The molecule has 0 saturated carbocycles. The predicted molar refractivity (Wildman–Crippen MR) is 65.1 cm³/mol. The summed E-state index contributed by atoms with van der Waals surface area (Å²) in [4.78, 5) is 13.4. The van der Waals surface area contributed by atoms with Gasteiger partial charge in [-0.2, -0.15) is 0 Å². The molecule has 88 valence electrons. The third-order valence-electron chi connectivity index (χ3n) is 2.22. The van der Waals surface area contributed by atoms with Gasteiger partial charge in [-0.3, -0.25) is 4.79 Å². The molecule has 0 aliphatic rings. The summed E-state index contributed by atoms with van der Waals surface area (Å²) in [5.74, 6) is 0.706. The number of para-hydroxylation sites is 1. The number of ketones is 1. The number of ether oxygens (including phenoxy) is 1. The van der Waals surface area contributed by atoms with Gasteiger partial charge in [0.05, 0.1) is 5.56 Å². The molecule has 0 N–H and O–H groups in total. The zero-order valence-electron chi connectivity index (χ0n) is 10.4. The van der Waals surface area contributed by atoms with Crippen molar-refractivity contribution in [1.82, 2.24) is 4.90 Å². The lowest BCUT2D eigenvalue weighted by Crippen LogP contribution is -2.28. The number of likely N-dealkylation sites (N-methyl/N-ethyl adjacent to an activating group) is 1. The Morgan fingerprint density at radius 3 is 2.56 bits per heavy atom. The van der Waals surface area contributed by atoms with Crippen molar-refractivity contribution in [2.24, 2.45) is 0 Å². The second kappa shape index (κ2) is 5.66. The maximum Gasteiger partial charge on any atom is 0.163 e. The van der Waals surface area contributed by atoms with Crippen LogP contribution in [0.25, 0.3) is 0 Å². The Morgan fingerprint density at radius 2 is 2.00 bits per heavy atom. The number of hydrogen-bond acceptors (Lipinski definition) is 3. The molecule has 1 aromatic rings. The minimum absolute atomic E-state index is 0.0349. The lowest BCUT2D eigenvalue weighted by atomic mass is 10.1. The summed E-state index contributed by atoms with van der Waals surface area (Å²) in [5, 5.41) is 0. The number of Topliss-reactive ketones (excluding diaryl/α,β-unsaturated/α-hetero) is 1. The number of carbonyl (C=O) groups excluding carboxylic acids is 1. The average molecular weight is 221 g/mol. The van der Waals surface area contributed by atoms with Gasteiger partial charge in [-0.1, -0.05) is 12.1 Å². The fourth-order valence-electron chi connectivity index (χ4n) is 1.63. The van der Waals surface area contributed by atoms with E-state index in [1.54, 1.807) is 13.0 Å². The van der Waals surface area contributed by atoms with Crippen molar-refractivity contribution in [2.75, 3.05) is 20.6 Å². The van der Waals surface area contributed by atoms with E-state index in [2.05, 4.69) is 4.90 Å². The Bertz CT molecular complexity index is 361. The zero-order valence-corrected chi connectivity index (χ0v) is 10.4. The van der Waals surface area contributed by atoms with Crippen LogP contribution in [0.2, 0.25) is 0 Å². The standard InChI is InChI=1S/C13H19NO2/c1-10(9-14(3)4)16-13-8-6-5-7-12(13)11(2)15/h5-8,10H,9H2,1-4H3/t10-/m0/s1. The SMILES string of the molecule is CC(=O)c1ccccc1O[C@@H](C)CN(C)C. The van der Waals surface area contributed by atoms with Crippen LogP contribution in [0.5, 0.6) is 5.75 Å². The van der Waals surface area contributed by atoms with E-state index in [-0.39, 0.29) is 11.9 Å². The molecule has 0 amide bonds. The first-order valence-corrected chi connectivity index (χ1v) is 5.42. The highest BCUT2D eigenvalue weighted by molar-refractivity contribution is 5.96. The van der Waals surface area contributed by atoms with Gasteiger partial charge in [0.2, 0.25) is 0 Å². The molecule has 0 spiro atoms. The van der Waals surface area contributed by atoms with E-state index in [0.717, 1.165) is 6.54 Å². The van der Waals surface area contributed by atoms with E-state index < -0.39 is 0 Å². The van der Waals surface area contributed by atoms with Gasteiger partial charge in [0.15, 0.2) is 5.78 Å². The van der Waals surface area contributed by atoms with Crippen LogP contribution >= 0.6 is 0 Å². The van der Waals surface area contributed by atoms with Gasteiger partial charge in [-0.15, -0.1) is 0 Å². The summed E-state index contributed by atoms with van der Waals surface area (Å²) in [6.07, 6.45) is 0.0653. The minimum atomic E-state index is 0.0349. The number of benzene rings is 1. The smallest absolute Gasteiger partial charge is 0.163 e. The third kappa shape index (κ3) is 3.66. The molecule has 0 aliphatic heterocycles. The Kier molecular flexibility index (Phi) is 4.50. The van der Waals surface area contributed by atoms with Crippen LogP contribution in [-0.4, -0.2) is 37.4 Å². The summed E-state index contributed by atoms with van der Waals surface area (Å²) in [6.45, 7) is 4.38. The predicted octanol–water partition coefficient (Wildman–Crippen LogP) is 2.22. The monoisotopic (exact) mass is 221 g/mol. The maximum absolute atomic E-state index is 11.4. The minimum Gasteiger partial charge on any atom is -0.489 e. The lowest BCUT2D eigenvalue weighted by molar-refractivity contribution is 0.100. The molecule has 3 nitrogen and oxygen atoms in total. The van der Waals surface area contributed by atoms with Crippen LogP contribution in [0.3, 0.4) is 0 Å². The average Bonchev–Trinajstić information content (AvgIpc) is 2.16. The van der Waals surface area contributed by atoms with Crippen LogP contribution in [-0.2, 0) is 0 Å². The summed E-state index contributed by atoms with van der Waals surface area (Å²) >= 11 is 0. The molecule has 0 bridgehead atoms. The highest BCUT2D eigenvalue weighted by Gasteiger charge is 2.11. The van der Waals surface area contributed by atoms with Gasteiger partial charge in [-0.05, 0) is 40.1 Å². The molecule has 0 heterocycles. The van der Waals surface area contributed by atoms with E-state index in [0.29, 0.717) is 11.3 Å². The molecule has 1 rings (SSSR count). The van der Waals surface area contributed by atoms with Crippen LogP contribution in [0, 0.1) is 0 Å². The van der Waals surface area contributed by atoms with Crippen LogP contribution < -0.4 is 4.74 Å². The molecule has 0 aromatic heterocycles. The summed E-state index contributed by atoms with van der Waals surface area (Å²) in [7, 11) is 3.99. The van der Waals surface area contributed by atoms with Crippen molar-refractivity contribution in [1.29, 1.82) is 0 Å². The summed E-state index contributed by atoms with van der Waals surface area (Å²) in [6, 6.07) is 7.35. The van der Waals surface area contributed by atoms with Gasteiger partial charge in [0, 0.05) is 6.54 Å². The van der Waals surface area contributed by atoms with E-state index in [4.69, 9.17) is 4.74 Å². The lowest BCUT2D eigenvalue weighted by Gasteiger charge is -2.19. The molecule has 1 aromatic carbocycles. The zero-order chi connectivity index (χ0) is 12.1. The van der Waals surface area contributed by atoms with Gasteiger partial charge in [-0.25, -0.2) is 0 Å². The maximum atomic E-state index is 11.4. The van der Waals surface area contributed by atoms with Crippen LogP contribution in [0.1, 0.15) is 24.2 Å². The van der Waals surface area contributed by atoms with Crippen LogP contribution in [0.15, 0.2) is 24.3 Å². The first-order valence-electron chi connectivity index (χ1n) is 5.42. The van der Waals surface area contributed by atoms with Gasteiger partial charge < -0.3 is 9.64 Å². The molecule has 0 unspecified atom stereocenters. The third-order valence-corrected chi connectivity index (χ3v) is 2.22. The molecule has 0 saturated heterocycles. The van der Waals surface area contributed by atoms with Gasteiger partial charge >= 0.3 is 0 Å². The highest BCUT2D eigenvalue weighted by atomic mass is 16.5. The van der Waals surface area contributed by atoms with Crippen molar-refractivity contribution in [3.8, 4) is 5.75 Å². The molecular formula is C13H19NO2. The fourth-order valence-corrected chi connectivity index (χ4v) is 1.63. The van der Waals surface area contributed by atoms with Gasteiger partial charge in [0.1, 0.15) is 11.9 Å². The van der Waals surface area contributed by atoms with Crippen molar-refractivity contribution in [3.05, 3.63) is 29.8 Å². The molecule has 3 heteroatoms. The Morgan fingerprint density at radius 1 is 1.38 bits per heavy atom. The second-order valence-corrected chi connectivity index (χ2v) is 4.24. The van der Waals surface area contributed by atoms with E-state index >= 15 is 0 Å². The van der Waals surface area contributed by atoms with Gasteiger partial charge in [0.25, 0.3) is 0 Å². The number of hydrogen-bond donors (Lipinski definition) is 0. The molecule has 0 radical (unpaired) electrons. The Labute approximate surface area is 97.0 Å². The summed E-state index contributed by atoms with van der Waals surface area (Å²) in [5.41, 5.74) is 0.646. The normalized spacial score (nSPS) is 12.6. The van der Waals surface area contributed by atoms with E-state index in [9.17, 15) is 4.79 Å². The van der Waals surface area contributed by atoms with E-state index in [1.165, 1.54) is 0 Å². The molecular weight excluding hydrogens is 202 g/mol. The van der Waals surface area contributed by atoms with Crippen molar-refractivity contribution in [3.63, 3.8) is 0 Å². The second-order valence-electron chi connectivity index (χ2n) is 4.24. The Hall–Kier alpha value is -1.35. The topological polar surface area (TPSA) is 29.5 Å². The van der Waals surface area contributed by atoms with Crippen molar-refractivity contribution in [2.45, 2.75) is 20.0 Å². The first kappa shape index (κ1) is 12.7. The quantitative estimate of drug-likeness (QED) is 0.714. The molecule has 16 heavy (non-hydrogen) atoms. The Balaban J connectivity index is 2.76. The number of nitrogens with zero attached hydrogens (tertiary/aromatic N) is 1. The largest absolute Gasteiger partial charge is 0.489 e. The fraction of sp³-hybridized carbons (Fsp3) is 0.462. The van der Waals surface area contributed by atoms with Crippen molar-refractivity contribution < 1.29 is 9.53 Å². The molecule has 1 atom stereocenters. The molecule has 0 fully saturated rings. The van der Waals surface area contributed by atoms with Crippen LogP contribution in [0.4, 0.5) is 0 Å². The highest BCUT2D eigenvalue weighted by Crippen LogP contribution is 2.19. The number of rotatable bonds is 5. The van der Waals surface area contributed by atoms with E-state index in [1.807, 2.05) is 39.2 Å². The van der Waals surface area contributed by atoms with Crippen molar-refractivity contribution >= 4 is 5.78 Å².